The van der Waals surface area contributed by atoms with E-state index < -0.39 is 0 Å². The molecule has 1 unspecified atom stereocenters. The van der Waals surface area contributed by atoms with Crippen LogP contribution < -0.4 is 10.6 Å². The summed E-state index contributed by atoms with van der Waals surface area (Å²) in [4.78, 5) is 2.46. The van der Waals surface area contributed by atoms with E-state index in [0.29, 0.717) is 6.04 Å². The maximum absolute atomic E-state index is 6.05. The smallest absolute Gasteiger partial charge is 0.0637 e. The molecule has 0 heterocycles. The first-order chi connectivity index (χ1) is 9.65. The Balaban J connectivity index is 2.09. The highest BCUT2D eigenvalue weighted by Gasteiger charge is 2.29. The third-order valence-electron chi connectivity index (χ3n) is 3.90. The minimum Gasteiger partial charge on any atom is -0.383 e. The summed E-state index contributed by atoms with van der Waals surface area (Å²) in [6, 6.07) is 7.59. The van der Waals surface area contributed by atoms with Crippen LogP contribution in [0.1, 0.15) is 31.7 Å². The largest absolute Gasteiger partial charge is 0.383 e. The minimum absolute atomic E-state index is 0.241. The highest BCUT2D eigenvalue weighted by molar-refractivity contribution is 9.10. The van der Waals surface area contributed by atoms with Gasteiger partial charge in [0.05, 0.1) is 6.61 Å². The van der Waals surface area contributed by atoms with Crippen LogP contribution in [0.5, 0.6) is 0 Å². The summed E-state index contributed by atoms with van der Waals surface area (Å²) in [7, 11) is 1.76. The molecule has 0 spiro atoms. The third kappa shape index (κ3) is 4.21. The van der Waals surface area contributed by atoms with E-state index in [9.17, 15) is 0 Å². The van der Waals surface area contributed by atoms with Gasteiger partial charge in [0, 0.05) is 35.9 Å². The number of rotatable bonds is 8. The Morgan fingerprint density at radius 3 is 2.75 bits per heavy atom. The maximum atomic E-state index is 6.05. The molecule has 112 valence electrons. The predicted octanol–water partition coefficient (Wildman–Crippen LogP) is 3.34. The van der Waals surface area contributed by atoms with Gasteiger partial charge in [-0.15, -0.1) is 0 Å². The molecule has 0 bridgehead atoms. The summed E-state index contributed by atoms with van der Waals surface area (Å²) in [5.41, 5.74) is 8.63. The highest BCUT2D eigenvalue weighted by atomic mass is 79.9. The van der Waals surface area contributed by atoms with Crippen LogP contribution in [0.4, 0.5) is 5.69 Å². The average Bonchev–Trinajstić information content (AvgIpc) is 3.26. The summed E-state index contributed by atoms with van der Waals surface area (Å²) in [6.45, 7) is 3.87. The van der Waals surface area contributed by atoms with E-state index in [-0.39, 0.29) is 6.04 Å². The topological polar surface area (TPSA) is 38.5 Å². The number of halogens is 1. The van der Waals surface area contributed by atoms with Crippen molar-refractivity contribution in [2.45, 2.75) is 44.7 Å². The lowest BCUT2D eigenvalue weighted by molar-refractivity contribution is 0.205. The van der Waals surface area contributed by atoms with Gasteiger partial charge < -0.3 is 15.4 Å². The minimum atomic E-state index is 0.241. The number of nitrogens with zero attached hydrogens (tertiary/aromatic N) is 1. The number of benzene rings is 1. The van der Waals surface area contributed by atoms with Gasteiger partial charge in [0.25, 0.3) is 0 Å². The molecule has 4 heteroatoms. The molecule has 0 aliphatic heterocycles. The van der Waals surface area contributed by atoms with Crippen LogP contribution in [-0.2, 0) is 11.2 Å². The van der Waals surface area contributed by atoms with Crippen molar-refractivity contribution in [1.29, 1.82) is 0 Å². The van der Waals surface area contributed by atoms with Crippen molar-refractivity contribution >= 4 is 21.6 Å². The Morgan fingerprint density at radius 1 is 1.45 bits per heavy atom. The molecule has 2 rings (SSSR count). The second-order valence-electron chi connectivity index (χ2n) is 5.57. The molecule has 1 atom stereocenters. The average molecular weight is 341 g/mol. The van der Waals surface area contributed by atoms with E-state index in [1.54, 1.807) is 7.11 Å². The van der Waals surface area contributed by atoms with Gasteiger partial charge >= 0.3 is 0 Å². The van der Waals surface area contributed by atoms with E-state index >= 15 is 0 Å². The van der Waals surface area contributed by atoms with E-state index in [0.717, 1.165) is 26.0 Å². The van der Waals surface area contributed by atoms with Crippen molar-refractivity contribution < 1.29 is 4.74 Å². The molecule has 1 aromatic carbocycles. The van der Waals surface area contributed by atoms with Crippen molar-refractivity contribution in [1.82, 2.24) is 0 Å². The molecule has 1 saturated carbocycles. The Morgan fingerprint density at radius 2 is 2.20 bits per heavy atom. The summed E-state index contributed by atoms with van der Waals surface area (Å²) >= 11 is 3.70. The Kier molecular flexibility index (Phi) is 5.87. The monoisotopic (exact) mass is 340 g/mol. The van der Waals surface area contributed by atoms with Crippen molar-refractivity contribution in [2.75, 3.05) is 25.2 Å². The van der Waals surface area contributed by atoms with Gasteiger partial charge in [-0.3, -0.25) is 0 Å². The van der Waals surface area contributed by atoms with E-state index in [4.69, 9.17) is 10.5 Å². The molecule has 1 aliphatic carbocycles. The first kappa shape index (κ1) is 15.8. The molecule has 1 fully saturated rings. The number of nitrogens with two attached hydrogens (primary N) is 1. The number of ether oxygens (including phenoxy) is 1. The van der Waals surface area contributed by atoms with Crippen LogP contribution in [0.15, 0.2) is 22.7 Å². The SMILES string of the molecule is CCC(N)Cc1ccc(N(CCOC)C2CC2)cc1Br. The van der Waals surface area contributed by atoms with Crippen LogP contribution in [0, 0.1) is 0 Å². The van der Waals surface area contributed by atoms with Crippen LogP contribution in [0.25, 0.3) is 0 Å². The molecular formula is C16H25BrN2O. The highest BCUT2D eigenvalue weighted by Crippen LogP contribution is 2.33. The Bertz CT molecular complexity index is 434. The fraction of sp³-hybridized carbons (Fsp3) is 0.625. The van der Waals surface area contributed by atoms with Gasteiger partial charge in [-0.05, 0) is 43.4 Å². The van der Waals surface area contributed by atoms with Gasteiger partial charge in [-0.25, -0.2) is 0 Å². The first-order valence-electron chi connectivity index (χ1n) is 7.45. The lowest BCUT2D eigenvalue weighted by Gasteiger charge is -2.25. The molecule has 3 nitrogen and oxygen atoms in total. The van der Waals surface area contributed by atoms with Crippen LogP contribution in [0.3, 0.4) is 0 Å². The van der Waals surface area contributed by atoms with Crippen molar-refractivity contribution in [3.8, 4) is 0 Å². The van der Waals surface area contributed by atoms with E-state index in [1.807, 2.05) is 0 Å². The van der Waals surface area contributed by atoms with Crippen molar-refractivity contribution in [3.63, 3.8) is 0 Å². The molecule has 0 radical (unpaired) electrons. The quantitative estimate of drug-likeness (QED) is 0.788. The number of hydrogen-bond donors (Lipinski definition) is 1. The molecule has 20 heavy (non-hydrogen) atoms. The van der Waals surface area contributed by atoms with Crippen LogP contribution in [-0.4, -0.2) is 32.3 Å². The van der Waals surface area contributed by atoms with Gasteiger partial charge in [-0.1, -0.05) is 28.9 Å². The number of methoxy groups -OCH3 is 1. The summed E-state index contributed by atoms with van der Waals surface area (Å²) < 4.78 is 6.39. The normalized spacial score (nSPS) is 16.2. The molecular weight excluding hydrogens is 316 g/mol. The second kappa shape index (κ2) is 7.43. The van der Waals surface area contributed by atoms with Crippen LogP contribution in [0.2, 0.25) is 0 Å². The maximum Gasteiger partial charge on any atom is 0.0637 e. The molecule has 0 amide bonds. The number of hydrogen-bond acceptors (Lipinski definition) is 3. The Labute approximate surface area is 130 Å². The van der Waals surface area contributed by atoms with E-state index in [1.165, 1.54) is 28.6 Å². The van der Waals surface area contributed by atoms with Gasteiger partial charge in [0.2, 0.25) is 0 Å². The lowest BCUT2D eigenvalue weighted by atomic mass is 10.0. The van der Waals surface area contributed by atoms with Crippen molar-refractivity contribution in [3.05, 3.63) is 28.2 Å². The van der Waals surface area contributed by atoms with Gasteiger partial charge in [0.15, 0.2) is 0 Å². The van der Waals surface area contributed by atoms with Gasteiger partial charge in [0.1, 0.15) is 0 Å². The summed E-state index contributed by atoms with van der Waals surface area (Å²) in [5, 5.41) is 0. The Hall–Kier alpha value is -0.580. The second-order valence-corrected chi connectivity index (χ2v) is 6.42. The standard InChI is InChI=1S/C16H25BrN2O/c1-3-13(18)10-12-4-5-15(11-16(12)17)19(8-9-20-2)14-6-7-14/h4-5,11,13-14H,3,6-10,18H2,1-2H3. The van der Waals surface area contributed by atoms with Gasteiger partial charge in [-0.2, -0.15) is 0 Å². The third-order valence-corrected chi connectivity index (χ3v) is 4.64. The fourth-order valence-corrected chi connectivity index (χ4v) is 2.93. The first-order valence-corrected chi connectivity index (χ1v) is 8.24. The van der Waals surface area contributed by atoms with E-state index in [2.05, 4.69) is 46.0 Å². The zero-order valence-electron chi connectivity index (χ0n) is 12.4. The summed E-state index contributed by atoms with van der Waals surface area (Å²) in [5.74, 6) is 0. The molecule has 0 aromatic heterocycles. The zero-order valence-corrected chi connectivity index (χ0v) is 14.0. The molecule has 1 aromatic rings. The van der Waals surface area contributed by atoms with Crippen molar-refractivity contribution in [2.24, 2.45) is 5.73 Å². The fourth-order valence-electron chi connectivity index (χ4n) is 2.41. The zero-order chi connectivity index (χ0) is 14.5. The molecule has 1 aliphatic rings. The lowest BCUT2D eigenvalue weighted by Crippen LogP contribution is -2.29. The van der Waals surface area contributed by atoms with Crippen LogP contribution >= 0.6 is 15.9 Å². The molecule has 2 N–H and O–H groups in total. The molecule has 0 saturated heterocycles. The number of anilines is 1. The summed E-state index contributed by atoms with van der Waals surface area (Å²) in [6.07, 6.45) is 4.53. The predicted molar refractivity (Wildman–Crippen MR) is 88.4 cm³/mol.